The van der Waals surface area contributed by atoms with Crippen molar-refractivity contribution in [3.63, 3.8) is 0 Å². The molecule has 2 saturated heterocycles. The molecule has 6 heteroatoms. The zero-order valence-corrected chi connectivity index (χ0v) is 18.8. The van der Waals surface area contributed by atoms with Crippen LogP contribution in [0.2, 0.25) is 0 Å². The molecule has 1 amide bonds. The van der Waals surface area contributed by atoms with Crippen molar-refractivity contribution in [3.8, 4) is 11.1 Å². The Morgan fingerprint density at radius 1 is 1.12 bits per heavy atom. The first-order chi connectivity index (χ1) is 15.5. The molecule has 6 nitrogen and oxygen atoms in total. The molecule has 3 aromatic rings. The van der Waals surface area contributed by atoms with Crippen molar-refractivity contribution in [2.75, 3.05) is 43.5 Å². The molecule has 166 valence electrons. The summed E-state index contributed by atoms with van der Waals surface area (Å²) in [5, 5.41) is 1.02. The van der Waals surface area contributed by atoms with Crippen molar-refractivity contribution in [2.45, 2.75) is 32.7 Å². The molecular formula is C26H30N4O2. The number of aromatic nitrogens is 1. The van der Waals surface area contributed by atoms with Gasteiger partial charge in [0.25, 0.3) is 5.91 Å². The van der Waals surface area contributed by atoms with Gasteiger partial charge in [-0.15, -0.1) is 0 Å². The lowest BCUT2D eigenvalue weighted by molar-refractivity contribution is 0.0793. The molecule has 0 aliphatic carbocycles. The van der Waals surface area contributed by atoms with E-state index in [1.165, 1.54) is 0 Å². The van der Waals surface area contributed by atoms with E-state index >= 15 is 0 Å². The fourth-order valence-electron chi connectivity index (χ4n) is 4.97. The number of nitrogen functional groups attached to an aromatic ring is 1. The van der Waals surface area contributed by atoms with Gasteiger partial charge in [0.1, 0.15) is 5.82 Å². The van der Waals surface area contributed by atoms with E-state index in [0.717, 1.165) is 71.3 Å². The van der Waals surface area contributed by atoms with Gasteiger partial charge in [0.15, 0.2) is 0 Å². The average Bonchev–Trinajstić information content (AvgIpc) is 3.33. The summed E-state index contributed by atoms with van der Waals surface area (Å²) in [6.45, 7) is 8.06. The van der Waals surface area contributed by atoms with Crippen LogP contribution in [0.3, 0.4) is 0 Å². The summed E-state index contributed by atoms with van der Waals surface area (Å²) in [6.07, 6.45) is 2.16. The van der Waals surface area contributed by atoms with Crippen LogP contribution in [0.15, 0.2) is 42.5 Å². The van der Waals surface area contributed by atoms with Crippen LogP contribution in [0.5, 0.6) is 0 Å². The number of fused-ring (bicyclic) bond motifs is 1. The van der Waals surface area contributed by atoms with Crippen LogP contribution in [-0.4, -0.2) is 54.7 Å². The molecule has 1 atom stereocenters. The van der Waals surface area contributed by atoms with Crippen LogP contribution in [-0.2, 0) is 4.74 Å². The van der Waals surface area contributed by atoms with Gasteiger partial charge in [-0.3, -0.25) is 4.79 Å². The number of anilines is 2. The van der Waals surface area contributed by atoms with Gasteiger partial charge in [0.2, 0.25) is 0 Å². The van der Waals surface area contributed by atoms with Crippen molar-refractivity contribution in [1.82, 2.24) is 9.88 Å². The fourth-order valence-corrected chi connectivity index (χ4v) is 4.97. The largest absolute Gasteiger partial charge is 0.382 e. The van der Waals surface area contributed by atoms with E-state index < -0.39 is 0 Å². The van der Waals surface area contributed by atoms with Gasteiger partial charge in [-0.2, -0.15) is 0 Å². The molecule has 2 N–H and O–H groups in total. The molecule has 0 radical (unpaired) electrons. The number of nitrogens with zero attached hydrogens (tertiary/aromatic N) is 3. The van der Waals surface area contributed by atoms with Gasteiger partial charge in [-0.25, -0.2) is 4.98 Å². The lowest BCUT2D eigenvalue weighted by Gasteiger charge is -2.35. The van der Waals surface area contributed by atoms with Crippen LogP contribution in [0.4, 0.5) is 11.5 Å². The topological polar surface area (TPSA) is 71.7 Å². The van der Waals surface area contributed by atoms with Crippen molar-refractivity contribution in [2.24, 2.45) is 0 Å². The highest BCUT2D eigenvalue weighted by atomic mass is 16.5. The lowest BCUT2D eigenvalue weighted by Crippen LogP contribution is -2.44. The molecular weight excluding hydrogens is 400 g/mol. The van der Waals surface area contributed by atoms with Gasteiger partial charge in [0.05, 0.1) is 24.4 Å². The second-order valence-electron chi connectivity index (χ2n) is 8.91. The number of hydrogen-bond donors (Lipinski definition) is 1. The molecule has 5 rings (SSSR count). The molecule has 0 saturated carbocycles. The van der Waals surface area contributed by atoms with Gasteiger partial charge in [-0.05, 0) is 67.6 Å². The zero-order chi connectivity index (χ0) is 22.2. The molecule has 32 heavy (non-hydrogen) atoms. The Morgan fingerprint density at radius 2 is 1.94 bits per heavy atom. The molecule has 2 aliphatic heterocycles. The predicted octanol–water partition coefficient (Wildman–Crippen LogP) is 4.25. The number of pyridine rings is 1. The average molecular weight is 431 g/mol. The summed E-state index contributed by atoms with van der Waals surface area (Å²) >= 11 is 0. The Labute approximate surface area is 189 Å². The Morgan fingerprint density at radius 3 is 2.72 bits per heavy atom. The van der Waals surface area contributed by atoms with Gasteiger partial charge in [0, 0.05) is 36.6 Å². The number of carbonyl (C=O) groups excluding carboxylic acids is 1. The number of benzene rings is 2. The summed E-state index contributed by atoms with van der Waals surface area (Å²) in [5.74, 6) is 0.666. The SMILES string of the molecule is Cc1cccc(C(=O)N2CCCC2)c1-c1ccc2nc(N)c(N3CCOC[C@H]3C)cc2c1. The summed E-state index contributed by atoms with van der Waals surface area (Å²) in [7, 11) is 0. The maximum Gasteiger partial charge on any atom is 0.254 e. The highest BCUT2D eigenvalue weighted by molar-refractivity contribution is 6.03. The van der Waals surface area contributed by atoms with E-state index in [-0.39, 0.29) is 11.9 Å². The van der Waals surface area contributed by atoms with Crippen molar-refractivity contribution in [1.29, 1.82) is 0 Å². The maximum absolute atomic E-state index is 13.3. The van der Waals surface area contributed by atoms with E-state index in [0.29, 0.717) is 19.0 Å². The van der Waals surface area contributed by atoms with E-state index in [1.54, 1.807) is 0 Å². The third-order valence-corrected chi connectivity index (χ3v) is 6.69. The van der Waals surface area contributed by atoms with E-state index in [4.69, 9.17) is 10.5 Å². The van der Waals surface area contributed by atoms with Crippen molar-refractivity contribution < 1.29 is 9.53 Å². The number of likely N-dealkylation sites (tertiary alicyclic amines) is 1. The van der Waals surface area contributed by atoms with Crippen LogP contribution >= 0.6 is 0 Å². The normalized spacial score (nSPS) is 19.0. The number of ether oxygens (including phenoxy) is 1. The second-order valence-corrected chi connectivity index (χ2v) is 8.91. The number of aryl methyl sites for hydroxylation is 1. The summed E-state index contributed by atoms with van der Waals surface area (Å²) < 4.78 is 5.59. The number of amides is 1. The summed E-state index contributed by atoms with van der Waals surface area (Å²) in [4.78, 5) is 22.2. The van der Waals surface area contributed by atoms with E-state index in [2.05, 4.69) is 48.0 Å². The van der Waals surface area contributed by atoms with Crippen LogP contribution in [0.1, 0.15) is 35.7 Å². The lowest BCUT2D eigenvalue weighted by atomic mass is 9.93. The number of hydrogen-bond acceptors (Lipinski definition) is 5. The van der Waals surface area contributed by atoms with Crippen molar-refractivity contribution >= 4 is 28.3 Å². The number of rotatable bonds is 3. The van der Waals surface area contributed by atoms with Gasteiger partial charge < -0.3 is 20.3 Å². The Hall–Kier alpha value is -3.12. The minimum atomic E-state index is 0.125. The minimum absolute atomic E-state index is 0.125. The third kappa shape index (κ3) is 3.69. The Kier molecular flexibility index (Phi) is 5.47. The molecule has 3 heterocycles. The fraction of sp³-hybridized carbons (Fsp3) is 0.385. The van der Waals surface area contributed by atoms with E-state index in [9.17, 15) is 4.79 Å². The predicted molar refractivity (Wildman–Crippen MR) is 129 cm³/mol. The van der Waals surface area contributed by atoms with E-state index in [1.807, 2.05) is 23.1 Å². The second kappa shape index (κ2) is 8.43. The highest BCUT2D eigenvalue weighted by Gasteiger charge is 2.24. The number of carbonyl (C=O) groups is 1. The van der Waals surface area contributed by atoms with Crippen LogP contribution in [0.25, 0.3) is 22.0 Å². The molecule has 1 aromatic heterocycles. The molecule has 0 unspecified atom stereocenters. The summed E-state index contributed by atoms with van der Waals surface area (Å²) in [6, 6.07) is 14.6. The smallest absolute Gasteiger partial charge is 0.254 e. The summed E-state index contributed by atoms with van der Waals surface area (Å²) in [5.41, 5.74) is 12.1. The first-order valence-electron chi connectivity index (χ1n) is 11.5. The number of morpholine rings is 1. The standard InChI is InChI=1S/C26H30N4O2/c1-17-6-5-7-21(26(31)29-10-3-4-11-29)24(17)19-8-9-22-20(14-19)15-23(25(27)28-22)30-12-13-32-16-18(30)2/h5-9,14-15,18H,3-4,10-13,16H2,1-2H3,(H2,27,28)/t18-/m1/s1. The molecule has 0 bridgehead atoms. The van der Waals surface area contributed by atoms with Crippen molar-refractivity contribution in [3.05, 3.63) is 53.6 Å². The number of nitrogens with two attached hydrogens (primary N) is 1. The van der Waals surface area contributed by atoms with Crippen LogP contribution < -0.4 is 10.6 Å². The third-order valence-electron chi connectivity index (χ3n) is 6.69. The highest BCUT2D eigenvalue weighted by Crippen LogP contribution is 2.34. The quantitative estimate of drug-likeness (QED) is 0.672. The zero-order valence-electron chi connectivity index (χ0n) is 18.8. The van der Waals surface area contributed by atoms with Crippen LogP contribution in [0, 0.1) is 6.92 Å². The first kappa shape index (κ1) is 20.8. The minimum Gasteiger partial charge on any atom is -0.382 e. The maximum atomic E-state index is 13.3. The Bertz CT molecular complexity index is 1170. The molecule has 2 aromatic carbocycles. The van der Waals surface area contributed by atoms with Gasteiger partial charge >= 0.3 is 0 Å². The molecule has 0 spiro atoms. The Balaban J connectivity index is 1.59. The van der Waals surface area contributed by atoms with Gasteiger partial charge in [-0.1, -0.05) is 18.2 Å². The first-order valence-corrected chi connectivity index (χ1v) is 11.5. The molecule has 2 fully saturated rings. The monoisotopic (exact) mass is 430 g/mol. The molecule has 2 aliphatic rings.